The zero-order chi connectivity index (χ0) is 17.0. The smallest absolute Gasteiger partial charge is 0.422 e. The fourth-order valence-electron chi connectivity index (χ4n) is 2.15. The summed E-state index contributed by atoms with van der Waals surface area (Å²) in [6.45, 7) is -0.302. The normalized spacial score (nSPS) is 17.0. The molecule has 1 aliphatic heterocycles. The second-order valence-electron chi connectivity index (χ2n) is 5.00. The molecule has 1 aromatic rings. The quantitative estimate of drug-likeness (QED) is 0.612. The van der Waals surface area contributed by atoms with Crippen LogP contribution in [0.1, 0.15) is 16.8 Å². The van der Waals surface area contributed by atoms with E-state index >= 15 is 0 Å². The summed E-state index contributed by atoms with van der Waals surface area (Å²) < 4.78 is 41.0. The molecule has 2 rings (SSSR count). The van der Waals surface area contributed by atoms with Gasteiger partial charge in [-0.2, -0.15) is 13.2 Å². The van der Waals surface area contributed by atoms with Crippen molar-refractivity contribution < 1.29 is 27.6 Å². The topological polar surface area (TPSA) is 93.5 Å². The molecular formula is C13H15ClF3N3O4. The van der Waals surface area contributed by atoms with E-state index in [1.165, 1.54) is 0 Å². The number of ether oxygens (including phenoxy) is 1. The third-order valence-corrected chi connectivity index (χ3v) is 3.21. The highest BCUT2D eigenvalue weighted by molar-refractivity contribution is 5.98. The Labute approximate surface area is 141 Å². The highest BCUT2D eigenvalue weighted by Gasteiger charge is 2.29. The van der Waals surface area contributed by atoms with Gasteiger partial charge in [0.2, 0.25) is 0 Å². The first-order valence-corrected chi connectivity index (χ1v) is 6.76. The van der Waals surface area contributed by atoms with E-state index in [4.69, 9.17) is 0 Å². The van der Waals surface area contributed by atoms with Crippen LogP contribution in [0.15, 0.2) is 18.2 Å². The lowest BCUT2D eigenvalue weighted by Crippen LogP contribution is -2.36. The van der Waals surface area contributed by atoms with Gasteiger partial charge < -0.3 is 15.4 Å². The minimum Gasteiger partial charge on any atom is -0.484 e. The van der Waals surface area contributed by atoms with Gasteiger partial charge in [-0.1, -0.05) is 0 Å². The van der Waals surface area contributed by atoms with Crippen molar-refractivity contribution in [2.75, 3.05) is 19.7 Å². The summed E-state index contributed by atoms with van der Waals surface area (Å²) in [5.41, 5.74) is -0.825. The van der Waals surface area contributed by atoms with Gasteiger partial charge in [0.05, 0.1) is 4.92 Å². The second kappa shape index (κ2) is 8.15. The molecule has 134 valence electrons. The Morgan fingerprint density at radius 3 is 2.71 bits per heavy atom. The lowest BCUT2D eigenvalue weighted by molar-refractivity contribution is -0.385. The Morgan fingerprint density at radius 2 is 2.17 bits per heavy atom. The molecule has 0 aliphatic carbocycles. The van der Waals surface area contributed by atoms with Gasteiger partial charge in [-0.05, 0) is 25.1 Å². The summed E-state index contributed by atoms with van der Waals surface area (Å²) in [6, 6.07) is 2.74. The van der Waals surface area contributed by atoms with Gasteiger partial charge in [0.15, 0.2) is 6.61 Å². The first-order chi connectivity index (χ1) is 10.8. The fourth-order valence-corrected chi connectivity index (χ4v) is 2.15. The average molecular weight is 370 g/mol. The van der Waals surface area contributed by atoms with Gasteiger partial charge in [0.25, 0.3) is 11.6 Å². The van der Waals surface area contributed by atoms with E-state index in [2.05, 4.69) is 15.4 Å². The van der Waals surface area contributed by atoms with E-state index < -0.39 is 29.3 Å². The molecule has 1 saturated heterocycles. The third-order valence-electron chi connectivity index (χ3n) is 3.21. The number of carbonyl (C=O) groups is 1. The molecule has 0 bridgehead atoms. The molecule has 7 nitrogen and oxygen atoms in total. The van der Waals surface area contributed by atoms with Gasteiger partial charge in [0.1, 0.15) is 11.3 Å². The van der Waals surface area contributed by atoms with E-state index in [1.54, 1.807) is 0 Å². The fraction of sp³-hybridized carbons (Fsp3) is 0.462. The number of nitrogens with zero attached hydrogens (tertiary/aromatic N) is 1. The van der Waals surface area contributed by atoms with Crippen molar-refractivity contribution in [3.8, 4) is 5.75 Å². The molecule has 11 heteroatoms. The van der Waals surface area contributed by atoms with Crippen molar-refractivity contribution >= 4 is 24.0 Å². The molecule has 1 unspecified atom stereocenters. The summed E-state index contributed by atoms with van der Waals surface area (Å²) >= 11 is 0. The van der Waals surface area contributed by atoms with Gasteiger partial charge >= 0.3 is 6.18 Å². The molecule has 0 spiro atoms. The van der Waals surface area contributed by atoms with Crippen LogP contribution in [0, 0.1) is 10.1 Å². The summed E-state index contributed by atoms with van der Waals surface area (Å²) in [4.78, 5) is 22.4. The maximum Gasteiger partial charge on any atom is 0.422 e. The maximum atomic E-state index is 12.2. The Kier molecular flexibility index (Phi) is 6.79. The first-order valence-electron chi connectivity index (χ1n) is 6.76. The summed E-state index contributed by atoms with van der Waals surface area (Å²) in [5.74, 6) is -0.981. The van der Waals surface area contributed by atoms with Crippen LogP contribution in [0.5, 0.6) is 5.75 Å². The van der Waals surface area contributed by atoms with Crippen molar-refractivity contribution in [3.63, 3.8) is 0 Å². The van der Waals surface area contributed by atoms with E-state index in [-0.39, 0.29) is 29.8 Å². The number of alkyl halides is 3. The minimum absolute atomic E-state index is 0. The van der Waals surface area contributed by atoms with E-state index in [0.717, 1.165) is 18.2 Å². The lowest BCUT2D eigenvalue weighted by atomic mass is 10.1. The molecule has 1 aromatic carbocycles. The van der Waals surface area contributed by atoms with Crippen LogP contribution >= 0.6 is 12.4 Å². The van der Waals surface area contributed by atoms with Crippen LogP contribution in [0.25, 0.3) is 0 Å². The first kappa shape index (κ1) is 20.0. The van der Waals surface area contributed by atoms with Crippen LogP contribution in [-0.4, -0.2) is 42.7 Å². The van der Waals surface area contributed by atoms with Crippen LogP contribution in [0.2, 0.25) is 0 Å². The van der Waals surface area contributed by atoms with Crippen molar-refractivity contribution in [3.05, 3.63) is 33.9 Å². The van der Waals surface area contributed by atoms with E-state index in [9.17, 15) is 28.1 Å². The van der Waals surface area contributed by atoms with E-state index in [1.807, 2.05) is 0 Å². The standard InChI is InChI=1S/C13H14F3N3O4.ClH/c14-13(15,16)7-23-9-1-2-11(19(21)22)10(5-9)12(20)18-8-3-4-17-6-8;/h1-2,5,8,17H,3-4,6-7H2,(H,18,20);1H. The molecule has 24 heavy (non-hydrogen) atoms. The maximum absolute atomic E-state index is 12.2. The molecule has 1 aliphatic rings. The molecule has 0 radical (unpaired) electrons. The largest absolute Gasteiger partial charge is 0.484 e. The molecule has 1 amide bonds. The zero-order valence-corrected chi connectivity index (χ0v) is 13.1. The van der Waals surface area contributed by atoms with Gasteiger partial charge in [-0.15, -0.1) is 12.4 Å². The van der Waals surface area contributed by atoms with Crippen LogP contribution in [0.3, 0.4) is 0 Å². The summed E-state index contributed by atoms with van der Waals surface area (Å²) in [6.07, 6.45) is -3.87. The number of hydrogen-bond acceptors (Lipinski definition) is 5. The molecule has 0 saturated carbocycles. The Bertz CT molecular complexity index is 607. The number of rotatable bonds is 5. The SMILES string of the molecule is Cl.O=C(NC1CCNC1)c1cc(OCC(F)(F)F)ccc1[N+](=O)[O-]. The monoisotopic (exact) mass is 369 g/mol. The lowest BCUT2D eigenvalue weighted by Gasteiger charge is -2.13. The van der Waals surface area contributed by atoms with Crippen LogP contribution in [0.4, 0.5) is 18.9 Å². The number of carbonyl (C=O) groups excluding carboxylic acids is 1. The highest BCUT2D eigenvalue weighted by atomic mass is 35.5. The van der Waals surface area contributed by atoms with Gasteiger partial charge in [-0.25, -0.2) is 0 Å². The second-order valence-corrected chi connectivity index (χ2v) is 5.00. The van der Waals surface area contributed by atoms with E-state index in [0.29, 0.717) is 19.5 Å². The Hall–Kier alpha value is -2.07. The predicted molar refractivity (Wildman–Crippen MR) is 80.6 cm³/mol. The Balaban J connectivity index is 0.00000288. The molecule has 0 aromatic heterocycles. The number of amides is 1. The molecule has 1 fully saturated rings. The number of benzene rings is 1. The van der Waals surface area contributed by atoms with Crippen molar-refractivity contribution in [2.24, 2.45) is 0 Å². The van der Waals surface area contributed by atoms with Crippen LogP contribution in [-0.2, 0) is 0 Å². The number of nitro benzene ring substituents is 1. The molecular weight excluding hydrogens is 355 g/mol. The van der Waals surface area contributed by atoms with Crippen molar-refractivity contribution in [1.82, 2.24) is 10.6 Å². The molecule has 2 N–H and O–H groups in total. The Morgan fingerprint density at radius 1 is 1.46 bits per heavy atom. The number of halogens is 4. The third kappa shape index (κ3) is 5.53. The molecule has 1 atom stereocenters. The van der Waals surface area contributed by atoms with Crippen LogP contribution < -0.4 is 15.4 Å². The molecule has 1 heterocycles. The minimum atomic E-state index is -4.54. The summed E-state index contributed by atoms with van der Waals surface area (Å²) in [5, 5.41) is 16.6. The van der Waals surface area contributed by atoms with Crippen molar-refractivity contribution in [1.29, 1.82) is 0 Å². The summed E-state index contributed by atoms with van der Waals surface area (Å²) in [7, 11) is 0. The van der Waals surface area contributed by atoms with Gasteiger partial charge in [-0.3, -0.25) is 14.9 Å². The van der Waals surface area contributed by atoms with Crippen molar-refractivity contribution in [2.45, 2.75) is 18.6 Å². The van der Waals surface area contributed by atoms with Gasteiger partial charge in [0, 0.05) is 18.7 Å². The average Bonchev–Trinajstić information content (AvgIpc) is 2.96. The number of hydrogen-bond donors (Lipinski definition) is 2. The number of nitrogens with one attached hydrogen (secondary N) is 2. The zero-order valence-electron chi connectivity index (χ0n) is 12.3. The predicted octanol–water partition coefficient (Wildman–Crippen LogP) is 2.05. The highest BCUT2D eigenvalue weighted by Crippen LogP contribution is 2.26. The number of nitro groups is 1.